The Kier molecular flexibility index (Phi) is 4.15. The number of aromatic nitrogens is 1. The van der Waals surface area contributed by atoms with E-state index < -0.39 is 0 Å². The lowest BCUT2D eigenvalue weighted by molar-refractivity contribution is 0.415. The van der Waals surface area contributed by atoms with Gasteiger partial charge in [-0.3, -0.25) is 0 Å². The normalized spacial score (nSPS) is 10.5. The van der Waals surface area contributed by atoms with Crippen LogP contribution in [0.1, 0.15) is 5.69 Å². The van der Waals surface area contributed by atoms with Crippen molar-refractivity contribution >= 4 is 27.3 Å². The van der Waals surface area contributed by atoms with E-state index in [1.807, 2.05) is 24.3 Å². The number of hydrogen-bond donors (Lipinski definition) is 1. The first-order chi connectivity index (χ1) is 8.24. The number of hydrogen-bond acceptors (Lipinski definition) is 4. The summed E-state index contributed by atoms with van der Waals surface area (Å²) in [5.41, 5.74) is 7.64. The zero-order valence-electron chi connectivity index (χ0n) is 9.44. The van der Waals surface area contributed by atoms with Crippen molar-refractivity contribution in [2.45, 2.75) is 6.42 Å². The average molecular weight is 313 g/mol. The third-order valence-electron chi connectivity index (χ3n) is 2.35. The van der Waals surface area contributed by atoms with Gasteiger partial charge in [0.2, 0.25) is 0 Å². The molecule has 90 valence electrons. The lowest BCUT2D eigenvalue weighted by Crippen LogP contribution is -2.03. The maximum absolute atomic E-state index is 5.55. The molecular formula is C12H13BrN2OS. The summed E-state index contributed by atoms with van der Waals surface area (Å²) < 4.78 is 6.26. The van der Waals surface area contributed by atoms with Crippen LogP contribution < -0.4 is 10.5 Å². The van der Waals surface area contributed by atoms with Crippen molar-refractivity contribution in [2.75, 3.05) is 13.7 Å². The molecule has 0 saturated heterocycles. The number of thiazole rings is 1. The molecule has 0 bridgehead atoms. The Morgan fingerprint density at radius 3 is 3.00 bits per heavy atom. The molecule has 2 rings (SSSR count). The smallest absolute Gasteiger partial charge is 0.124 e. The molecule has 3 nitrogen and oxygen atoms in total. The molecule has 0 saturated carbocycles. The highest BCUT2D eigenvalue weighted by molar-refractivity contribution is 9.11. The van der Waals surface area contributed by atoms with Crippen LogP contribution in [0, 0.1) is 0 Å². The number of nitrogens with two attached hydrogens (primary N) is 1. The van der Waals surface area contributed by atoms with Gasteiger partial charge < -0.3 is 10.5 Å². The van der Waals surface area contributed by atoms with Crippen molar-refractivity contribution in [1.29, 1.82) is 0 Å². The third kappa shape index (κ3) is 2.86. The zero-order valence-corrected chi connectivity index (χ0v) is 11.8. The largest absolute Gasteiger partial charge is 0.497 e. The van der Waals surface area contributed by atoms with Crippen LogP contribution >= 0.6 is 27.3 Å². The van der Waals surface area contributed by atoms with E-state index in [1.54, 1.807) is 18.4 Å². The van der Waals surface area contributed by atoms with E-state index in [2.05, 4.69) is 20.9 Å². The number of halogens is 1. The van der Waals surface area contributed by atoms with Crippen LogP contribution in [-0.4, -0.2) is 18.6 Å². The van der Waals surface area contributed by atoms with Gasteiger partial charge in [-0.25, -0.2) is 4.98 Å². The first kappa shape index (κ1) is 12.5. The summed E-state index contributed by atoms with van der Waals surface area (Å²) in [6.45, 7) is 0.611. The minimum absolute atomic E-state index is 0.611. The highest BCUT2D eigenvalue weighted by Crippen LogP contribution is 2.33. The van der Waals surface area contributed by atoms with E-state index in [0.717, 1.165) is 32.2 Å². The fourth-order valence-electron chi connectivity index (χ4n) is 1.50. The van der Waals surface area contributed by atoms with E-state index >= 15 is 0 Å². The molecule has 0 unspecified atom stereocenters. The number of nitrogens with zero attached hydrogens (tertiary/aromatic N) is 1. The zero-order chi connectivity index (χ0) is 12.3. The molecule has 5 heteroatoms. The SMILES string of the molecule is COc1cccc(-c2nc(CCN)c(Br)s2)c1. The molecule has 1 aromatic heterocycles. The maximum Gasteiger partial charge on any atom is 0.124 e. The van der Waals surface area contributed by atoms with Gasteiger partial charge in [0.25, 0.3) is 0 Å². The molecule has 0 atom stereocenters. The Morgan fingerprint density at radius 2 is 2.29 bits per heavy atom. The topological polar surface area (TPSA) is 48.1 Å². The van der Waals surface area contributed by atoms with E-state index in [9.17, 15) is 0 Å². The van der Waals surface area contributed by atoms with Crippen molar-refractivity contribution in [3.63, 3.8) is 0 Å². The molecule has 0 aliphatic carbocycles. The second-order valence-corrected chi connectivity index (χ2v) is 5.83. The van der Waals surface area contributed by atoms with Crippen molar-refractivity contribution in [1.82, 2.24) is 4.98 Å². The molecule has 0 aliphatic rings. The Balaban J connectivity index is 2.35. The van der Waals surface area contributed by atoms with Gasteiger partial charge in [0, 0.05) is 12.0 Å². The summed E-state index contributed by atoms with van der Waals surface area (Å²) in [5.74, 6) is 0.842. The predicted molar refractivity (Wildman–Crippen MR) is 74.6 cm³/mol. The van der Waals surface area contributed by atoms with Crippen LogP contribution in [0.2, 0.25) is 0 Å². The summed E-state index contributed by atoms with van der Waals surface area (Å²) >= 11 is 5.14. The molecule has 1 heterocycles. The molecule has 0 radical (unpaired) electrons. The van der Waals surface area contributed by atoms with Gasteiger partial charge in [-0.1, -0.05) is 12.1 Å². The maximum atomic E-state index is 5.55. The molecular weight excluding hydrogens is 300 g/mol. The summed E-state index contributed by atoms with van der Waals surface area (Å²) in [6, 6.07) is 7.90. The average Bonchev–Trinajstić information content (AvgIpc) is 2.72. The number of rotatable bonds is 4. The third-order valence-corrected chi connectivity index (χ3v) is 4.23. The van der Waals surface area contributed by atoms with Crippen molar-refractivity contribution in [3.05, 3.63) is 33.7 Å². The first-order valence-electron chi connectivity index (χ1n) is 5.24. The van der Waals surface area contributed by atoms with Gasteiger partial charge in [-0.05, 0) is 34.6 Å². The van der Waals surface area contributed by atoms with Crippen LogP contribution in [0.4, 0.5) is 0 Å². The number of methoxy groups -OCH3 is 1. The molecule has 0 amide bonds. The molecule has 2 N–H and O–H groups in total. The minimum atomic E-state index is 0.611. The molecule has 0 fully saturated rings. The van der Waals surface area contributed by atoms with E-state index in [-0.39, 0.29) is 0 Å². The molecule has 2 aromatic rings. The molecule has 1 aromatic carbocycles. The molecule has 0 aliphatic heterocycles. The van der Waals surface area contributed by atoms with Gasteiger partial charge in [-0.15, -0.1) is 11.3 Å². The van der Waals surface area contributed by atoms with Crippen molar-refractivity contribution < 1.29 is 4.74 Å². The second kappa shape index (κ2) is 5.62. The van der Waals surface area contributed by atoms with Crippen molar-refractivity contribution in [3.8, 4) is 16.3 Å². The summed E-state index contributed by atoms with van der Waals surface area (Å²) in [4.78, 5) is 4.58. The van der Waals surface area contributed by atoms with Crippen LogP contribution in [0.5, 0.6) is 5.75 Å². The van der Waals surface area contributed by atoms with E-state index in [4.69, 9.17) is 10.5 Å². The first-order valence-corrected chi connectivity index (χ1v) is 6.85. The van der Waals surface area contributed by atoms with Gasteiger partial charge >= 0.3 is 0 Å². The standard InChI is InChI=1S/C12H13BrN2OS/c1-16-9-4-2-3-8(7-9)12-15-10(5-6-14)11(13)17-12/h2-4,7H,5-6,14H2,1H3. The van der Waals surface area contributed by atoms with E-state index in [0.29, 0.717) is 6.54 Å². The van der Waals surface area contributed by atoms with Crippen LogP contribution in [0.3, 0.4) is 0 Å². The second-order valence-electron chi connectivity index (χ2n) is 3.51. The number of benzene rings is 1. The lowest BCUT2D eigenvalue weighted by Gasteiger charge is -2.01. The predicted octanol–water partition coefficient (Wildman–Crippen LogP) is 3.08. The fraction of sp³-hybridized carbons (Fsp3) is 0.250. The van der Waals surface area contributed by atoms with Crippen LogP contribution in [0.25, 0.3) is 10.6 Å². The monoisotopic (exact) mass is 312 g/mol. The molecule has 0 spiro atoms. The quantitative estimate of drug-likeness (QED) is 0.943. The van der Waals surface area contributed by atoms with Gasteiger partial charge in [-0.2, -0.15) is 0 Å². The highest BCUT2D eigenvalue weighted by Gasteiger charge is 2.10. The Labute approximate surface area is 113 Å². The summed E-state index contributed by atoms with van der Waals surface area (Å²) in [6.07, 6.45) is 0.793. The Bertz CT molecular complexity index is 513. The number of ether oxygens (including phenoxy) is 1. The lowest BCUT2D eigenvalue weighted by atomic mass is 10.2. The summed E-state index contributed by atoms with van der Waals surface area (Å²) in [5, 5.41) is 0.985. The Hall–Kier alpha value is -0.910. The van der Waals surface area contributed by atoms with Gasteiger partial charge in [0.1, 0.15) is 10.8 Å². The van der Waals surface area contributed by atoms with Crippen LogP contribution in [0.15, 0.2) is 28.1 Å². The Morgan fingerprint density at radius 1 is 1.47 bits per heavy atom. The highest BCUT2D eigenvalue weighted by atomic mass is 79.9. The minimum Gasteiger partial charge on any atom is -0.497 e. The van der Waals surface area contributed by atoms with Gasteiger partial charge in [0.15, 0.2) is 0 Å². The van der Waals surface area contributed by atoms with E-state index in [1.165, 1.54) is 0 Å². The molecule has 17 heavy (non-hydrogen) atoms. The summed E-state index contributed by atoms with van der Waals surface area (Å²) in [7, 11) is 1.66. The van der Waals surface area contributed by atoms with Crippen LogP contribution in [-0.2, 0) is 6.42 Å². The fourth-order valence-corrected chi connectivity index (χ4v) is 3.09. The van der Waals surface area contributed by atoms with Crippen molar-refractivity contribution in [2.24, 2.45) is 5.73 Å². The van der Waals surface area contributed by atoms with Gasteiger partial charge in [0.05, 0.1) is 16.6 Å².